The lowest BCUT2D eigenvalue weighted by molar-refractivity contribution is -0.118. The van der Waals surface area contributed by atoms with Crippen LogP contribution in [0.5, 0.6) is 5.75 Å². The van der Waals surface area contributed by atoms with Crippen LogP contribution in [0.4, 0.5) is 5.69 Å². The molecule has 29 heavy (non-hydrogen) atoms. The van der Waals surface area contributed by atoms with Crippen LogP contribution in [0, 0.1) is 20.8 Å². The Bertz CT molecular complexity index is 1020. The van der Waals surface area contributed by atoms with Gasteiger partial charge in [-0.25, -0.2) is 9.48 Å². The number of amides is 1. The van der Waals surface area contributed by atoms with Gasteiger partial charge in [0.05, 0.1) is 35.4 Å². The first-order valence-electron chi connectivity index (χ1n) is 9.13. The summed E-state index contributed by atoms with van der Waals surface area (Å²) in [6.45, 7) is 5.62. The molecule has 1 heterocycles. The number of aromatic nitrogens is 2. The number of ether oxygens (including phenoxy) is 2. The fourth-order valence-electron chi connectivity index (χ4n) is 2.89. The molecule has 1 aromatic heterocycles. The summed E-state index contributed by atoms with van der Waals surface area (Å²) in [5, 5.41) is 7.40. The highest BCUT2D eigenvalue weighted by Crippen LogP contribution is 2.23. The molecule has 0 saturated heterocycles. The largest absolute Gasteiger partial charge is 0.484 e. The van der Waals surface area contributed by atoms with Crippen LogP contribution in [-0.2, 0) is 9.53 Å². The van der Waals surface area contributed by atoms with E-state index in [4.69, 9.17) is 4.74 Å². The van der Waals surface area contributed by atoms with E-state index in [9.17, 15) is 9.59 Å². The smallest absolute Gasteiger partial charge is 0.337 e. The van der Waals surface area contributed by atoms with Crippen molar-refractivity contribution in [3.8, 4) is 11.4 Å². The van der Waals surface area contributed by atoms with Gasteiger partial charge in [0, 0.05) is 0 Å². The van der Waals surface area contributed by atoms with E-state index in [1.807, 2.05) is 45.0 Å². The highest BCUT2D eigenvalue weighted by Gasteiger charge is 2.15. The number of hydrogen-bond acceptors (Lipinski definition) is 5. The molecule has 7 heteroatoms. The van der Waals surface area contributed by atoms with Crippen LogP contribution in [-0.4, -0.2) is 35.4 Å². The molecular formula is C22H23N3O4. The van der Waals surface area contributed by atoms with Crippen LogP contribution >= 0.6 is 0 Å². The molecule has 0 unspecified atom stereocenters. The summed E-state index contributed by atoms with van der Waals surface area (Å²) in [5.74, 6) is -0.237. The van der Waals surface area contributed by atoms with Crippen molar-refractivity contribution >= 4 is 17.6 Å². The number of nitrogens with zero attached hydrogens (tertiary/aromatic N) is 2. The zero-order valence-corrected chi connectivity index (χ0v) is 16.9. The molecular weight excluding hydrogens is 370 g/mol. The third kappa shape index (κ3) is 4.63. The van der Waals surface area contributed by atoms with E-state index in [-0.39, 0.29) is 12.5 Å². The van der Waals surface area contributed by atoms with Crippen LogP contribution in [0.2, 0.25) is 0 Å². The molecule has 150 valence electrons. The normalized spacial score (nSPS) is 10.5. The van der Waals surface area contributed by atoms with Gasteiger partial charge in [0.25, 0.3) is 5.91 Å². The second-order valence-corrected chi connectivity index (χ2v) is 6.65. The van der Waals surface area contributed by atoms with Crippen molar-refractivity contribution in [1.82, 2.24) is 9.78 Å². The number of esters is 1. The van der Waals surface area contributed by atoms with E-state index in [0.717, 1.165) is 17.1 Å². The van der Waals surface area contributed by atoms with Crippen LogP contribution in [0.15, 0.2) is 48.5 Å². The van der Waals surface area contributed by atoms with Crippen LogP contribution in [0.25, 0.3) is 5.69 Å². The van der Waals surface area contributed by atoms with Crippen molar-refractivity contribution in [2.24, 2.45) is 0 Å². The number of methoxy groups -OCH3 is 1. The molecule has 0 fully saturated rings. The first kappa shape index (κ1) is 20.1. The SMILES string of the molecule is COC(=O)c1ccc(OCC(=O)Nc2c(C)nn(-c3ccc(C)cc3)c2C)cc1. The summed E-state index contributed by atoms with van der Waals surface area (Å²) in [4.78, 5) is 23.8. The second kappa shape index (κ2) is 8.60. The van der Waals surface area contributed by atoms with Gasteiger partial charge in [-0.3, -0.25) is 4.79 Å². The summed E-state index contributed by atoms with van der Waals surface area (Å²) in [6.07, 6.45) is 0. The number of benzene rings is 2. The molecule has 2 aromatic carbocycles. The number of carbonyl (C=O) groups excluding carboxylic acids is 2. The molecule has 0 bridgehead atoms. The Morgan fingerprint density at radius 3 is 2.28 bits per heavy atom. The topological polar surface area (TPSA) is 82.4 Å². The fourth-order valence-corrected chi connectivity index (χ4v) is 2.89. The molecule has 3 aromatic rings. The first-order chi connectivity index (χ1) is 13.9. The minimum absolute atomic E-state index is 0.161. The lowest BCUT2D eigenvalue weighted by atomic mass is 10.2. The Labute approximate surface area is 169 Å². The van der Waals surface area contributed by atoms with Crippen molar-refractivity contribution in [3.05, 3.63) is 71.0 Å². The van der Waals surface area contributed by atoms with E-state index >= 15 is 0 Å². The van der Waals surface area contributed by atoms with Gasteiger partial charge in [-0.2, -0.15) is 5.10 Å². The molecule has 7 nitrogen and oxygen atoms in total. The maximum Gasteiger partial charge on any atom is 0.337 e. The average molecular weight is 393 g/mol. The van der Waals surface area contributed by atoms with Gasteiger partial charge in [-0.05, 0) is 57.2 Å². The summed E-state index contributed by atoms with van der Waals surface area (Å²) in [6, 6.07) is 14.4. The van der Waals surface area contributed by atoms with Crippen LogP contribution in [0.3, 0.4) is 0 Å². The van der Waals surface area contributed by atoms with E-state index in [1.165, 1.54) is 12.7 Å². The minimum atomic E-state index is -0.425. The maximum atomic E-state index is 12.4. The number of nitrogens with one attached hydrogen (secondary N) is 1. The molecule has 0 spiro atoms. The molecule has 0 aliphatic carbocycles. The number of aryl methyl sites for hydroxylation is 2. The van der Waals surface area contributed by atoms with Crippen molar-refractivity contribution in [2.75, 3.05) is 19.0 Å². The Morgan fingerprint density at radius 2 is 1.66 bits per heavy atom. The Balaban J connectivity index is 1.65. The minimum Gasteiger partial charge on any atom is -0.484 e. The zero-order chi connectivity index (χ0) is 21.0. The molecule has 1 N–H and O–H groups in total. The third-order valence-corrected chi connectivity index (χ3v) is 4.48. The summed E-state index contributed by atoms with van der Waals surface area (Å²) < 4.78 is 12.0. The first-order valence-corrected chi connectivity index (χ1v) is 9.13. The van der Waals surface area contributed by atoms with Crippen molar-refractivity contribution in [1.29, 1.82) is 0 Å². The van der Waals surface area contributed by atoms with E-state index in [2.05, 4.69) is 15.2 Å². The van der Waals surface area contributed by atoms with Gasteiger partial charge in [0.1, 0.15) is 5.75 Å². The lowest BCUT2D eigenvalue weighted by Crippen LogP contribution is -2.21. The zero-order valence-electron chi connectivity index (χ0n) is 16.9. The summed E-state index contributed by atoms with van der Waals surface area (Å²) in [7, 11) is 1.32. The Hall–Kier alpha value is -3.61. The molecule has 0 aliphatic heterocycles. The van der Waals surface area contributed by atoms with Gasteiger partial charge in [0.2, 0.25) is 0 Å². The van der Waals surface area contributed by atoms with E-state index in [1.54, 1.807) is 28.9 Å². The van der Waals surface area contributed by atoms with Crippen molar-refractivity contribution < 1.29 is 19.1 Å². The predicted octanol–water partition coefficient (Wildman–Crippen LogP) is 3.60. The molecule has 0 saturated carbocycles. The van der Waals surface area contributed by atoms with Crippen LogP contribution < -0.4 is 10.1 Å². The standard InChI is InChI=1S/C22H23N3O4/c1-14-5-9-18(10-6-14)25-16(3)21(15(2)24-25)23-20(26)13-29-19-11-7-17(8-12-19)22(27)28-4/h5-12H,13H2,1-4H3,(H,23,26). The van der Waals surface area contributed by atoms with E-state index < -0.39 is 5.97 Å². The van der Waals surface area contributed by atoms with Gasteiger partial charge in [0.15, 0.2) is 6.61 Å². The quantitative estimate of drug-likeness (QED) is 0.647. The highest BCUT2D eigenvalue weighted by molar-refractivity contribution is 5.93. The third-order valence-electron chi connectivity index (χ3n) is 4.48. The van der Waals surface area contributed by atoms with Crippen LogP contribution in [0.1, 0.15) is 27.3 Å². The molecule has 0 radical (unpaired) electrons. The predicted molar refractivity (Wildman–Crippen MR) is 110 cm³/mol. The van der Waals surface area contributed by atoms with E-state index in [0.29, 0.717) is 17.0 Å². The average Bonchev–Trinajstić information content (AvgIpc) is 3.01. The fraction of sp³-hybridized carbons (Fsp3) is 0.227. The number of hydrogen-bond donors (Lipinski definition) is 1. The lowest BCUT2D eigenvalue weighted by Gasteiger charge is -2.09. The van der Waals surface area contributed by atoms with Gasteiger partial charge in [-0.1, -0.05) is 17.7 Å². The van der Waals surface area contributed by atoms with Crippen molar-refractivity contribution in [2.45, 2.75) is 20.8 Å². The number of rotatable bonds is 6. The summed E-state index contributed by atoms with van der Waals surface area (Å²) >= 11 is 0. The van der Waals surface area contributed by atoms with Crippen molar-refractivity contribution in [3.63, 3.8) is 0 Å². The molecule has 3 rings (SSSR count). The molecule has 0 aliphatic rings. The Kier molecular flexibility index (Phi) is 5.97. The molecule has 1 amide bonds. The highest BCUT2D eigenvalue weighted by atomic mass is 16.5. The Morgan fingerprint density at radius 1 is 1.00 bits per heavy atom. The van der Waals surface area contributed by atoms with Gasteiger partial charge < -0.3 is 14.8 Å². The van der Waals surface area contributed by atoms with Gasteiger partial charge >= 0.3 is 5.97 Å². The maximum absolute atomic E-state index is 12.4. The second-order valence-electron chi connectivity index (χ2n) is 6.65. The monoisotopic (exact) mass is 393 g/mol. The summed E-state index contributed by atoms with van der Waals surface area (Å²) in [5.41, 5.74) is 4.74. The number of anilines is 1. The van der Waals surface area contributed by atoms with Gasteiger partial charge in [-0.15, -0.1) is 0 Å². The molecule has 0 atom stereocenters. The number of carbonyl (C=O) groups is 2.